The van der Waals surface area contributed by atoms with E-state index in [-0.39, 0.29) is 19.0 Å². The van der Waals surface area contributed by atoms with E-state index in [0.717, 1.165) is 11.1 Å². The first-order valence-corrected chi connectivity index (χ1v) is 11.2. The van der Waals surface area contributed by atoms with Crippen LogP contribution in [0.2, 0.25) is 0 Å². The molecule has 35 heavy (non-hydrogen) atoms. The molecule has 3 aromatic carbocycles. The number of fused-ring (bicyclic) bond motifs is 1. The van der Waals surface area contributed by atoms with Crippen molar-refractivity contribution in [2.75, 3.05) is 11.9 Å². The number of benzene rings is 3. The lowest BCUT2D eigenvalue weighted by Gasteiger charge is -2.29. The number of nitrogens with zero attached hydrogens (tertiary/aromatic N) is 3. The molecule has 1 atom stereocenters. The lowest BCUT2D eigenvalue weighted by atomic mass is 9.93. The van der Waals surface area contributed by atoms with E-state index in [1.54, 1.807) is 41.9 Å². The van der Waals surface area contributed by atoms with Gasteiger partial charge in [0.15, 0.2) is 0 Å². The molecule has 0 radical (unpaired) electrons. The zero-order valence-corrected chi connectivity index (χ0v) is 19.0. The largest absolute Gasteiger partial charge is 0.489 e. The van der Waals surface area contributed by atoms with Gasteiger partial charge in [-0.05, 0) is 36.2 Å². The minimum Gasteiger partial charge on any atom is -0.489 e. The van der Waals surface area contributed by atoms with Crippen molar-refractivity contribution in [1.82, 2.24) is 14.8 Å². The van der Waals surface area contributed by atoms with Crippen molar-refractivity contribution in [3.8, 4) is 5.75 Å². The SMILES string of the molecule is CCOC(=O)C1=C(c2ccccc2)Nc2ncnn2[C@@H]1c1ccc(OCc2ccccc2F)cc1. The molecule has 0 aliphatic carbocycles. The van der Waals surface area contributed by atoms with E-state index >= 15 is 0 Å². The summed E-state index contributed by atoms with van der Waals surface area (Å²) in [6.45, 7) is 2.12. The topological polar surface area (TPSA) is 78.3 Å². The Balaban J connectivity index is 1.52. The van der Waals surface area contributed by atoms with Crippen LogP contribution in [0.25, 0.3) is 5.70 Å². The van der Waals surface area contributed by atoms with Crippen LogP contribution >= 0.6 is 0 Å². The predicted molar refractivity (Wildman–Crippen MR) is 129 cm³/mol. The third-order valence-corrected chi connectivity index (χ3v) is 5.70. The summed E-state index contributed by atoms with van der Waals surface area (Å²) in [4.78, 5) is 17.5. The fourth-order valence-electron chi connectivity index (χ4n) is 4.05. The zero-order chi connectivity index (χ0) is 24.2. The first-order chi connectivity index (χ1) is 17.2. The van der Waals surface area contributed by atoms with Crippen molar-refractivity contribution >= 4 is 17.6 Å². The molecule has 0 bridgehead atoms. The van der Waals surface area contributed by atoms with Gasteiger partial charge in [-0.2, -0.15) is 10.1 Å². The Morgan fingerprint density at radius 2 is 1.77 bits per heavy atom. The summed E-state index contributed by atoms with van der Waals surface area (Å²) < 4.78 is 26.8. The summed E-state index contributed by atoms with van der Waals surface area (Å²) in [5.74, 6) is 0.344. The van der Waals surface area contributed by atoms with Crippen LogP contribution in [0, 0.1) is 5.82 Å². The van der Waals surface area contributed by atoms with Crippen LogP contribution in [-0.4, -0.2) is 27.3 Å². The van der Waals surface area contributed by atoms with Gasteiger partial charge in [0.25, 0.3) is 0 Å². The summed E-state index contributed by atoms with van der Waals surface area (Å²) in [7, 11) is 0. The standard InChI is InChI=1S/C27H23FN4O3/c1-2-34-26(33)23-24(18-8-4-3-5-9-18)31-27-29-17-30-32(27)25(23)19-12-14-21(15-13-19)35-16-20-10-6-7-11-22(20)28/h3-15,17,25H,2,16H2,1H3,(H,29,30,31)/t25-/m1/s1. The average molecular weight is 471 g/mol. The average Bonchev–Trinajstić information content (AvgIpc) is 3.37. The van der Waals surface area contributed by atoms with Gasteiger partial charge >= 0.3 is 5.97 Å². The fraction of sp³-hybridized carbons (Fsp3) is 0.148. The van der Waals surface area contributed by atoms with Gasteiger partial charge in [-0.15, -0.1) is 0 Å². The second-order valence-corrected chi connectivity index (χ2v) is 7.88. The van der Waals surface area contributed by atoms with Crippen molar-refractivity contribution in [3.63, 3.8) is 0 Å². The van der Waals surface area contributed by atoms with E-state index in [2.05, 4.69) is 15.4 Å². The number of nitrogens with one attached hydrogen (secondary N) is 1. The van der Waals surface area contributed by atoms with E-state index in [9.17, 15) is 9.18 Å². The van der Waals surface area contributed by atoms with Crippen LogP contribution in [0.3, 0.4) is 0 Å². The second-order valence-electron chi connectivity index (χ2n) is 7.88. The predicted octanol–water partition coefficient (Wildman–Crippen LogP) is 4.99. The number of carbonyl (C=O) groups is 1. The number of hydrogen-bond donors (Lipinski definition) is 1. The van der Waals surface area contributed by atoms with Crippen molar-refractivity contribution < 1.29 is 18.7 Å². The molecule has 0 unspecified atom stereocenters. The van der Waals surface area contributed by atoms with Crippen molar-refractivity contribution in [2.45, 2.75) is 19.6 Å². The number of esters is 1. The molecule has 8 heteroatoms. The number of halogens is 1. The normalized spacial score (nSPS) is 14.7. The van der Waals surface area contributed by atoms with Gasteiger partial charge < -0.3 is 14.8 Å². The van der Waals surface area contributed by atoms with Crippen LogP contribution < -0.4 is 10.1 Å². The van der Waals surface area contributed by atoms with Crippen molar-refractivity contribution in [2.24, 2.45) is 0 Å². The molecular weight excluding hydrogens is 447 g/mol. The van der Waals surface area contributed by atoms with Gasteiger partial charge in [-0.25, -0.2) is 13.9 Å². The molecule has 1 N–H and O–H groups in total. The number of ether oxygens (including phenoxy) is 2. The van der Waals surface area contributed by atoms with E-state index in [0.29, 0.717) is 28.5 Å². The van der Waals surface area contributed by atoms with Gasteiger partial charge in [0, 0.05) is 5.56 Å². The zero-order valence-electron chi connectivity index (χ0n) is 19.0. The highest BCUT2D eigenvalue weighted by Gasteiger charge is 2.36. The minimum atomic E-state index is -0.566. The molecule has 4 aromatic rings. The molecule has 0 spiro atoms. The van der Waals surface area contributed by atoms with Gasteiger partial charge in [0.1, 0.15) is 30.5 Å². The van der Waals surface area contributed by atoms with Crippen LogP contribution in [0.15, 0.2) is 90.8 Å². The Morgan fingerprint density at radius 1 is 1.03 bits per heavy atom. The van der Waals surface area contributed by atoms with Gasteiger partial charge in [0.05, 0.1) is 17.9 Å². The molecule has 1 aliphatic heterocycles. The van der Waals surface area contributed by atoms with Gasteiger partial charge in [-0.3, -0.25) is 0 Å². The van der Waals surface area contributed by atoms with Gasteiger partial charge in [0.2, 0.25) is 5.95 Å². The van der Waals surface area contributed by atoms with E-state index in [1.165, 1.54) is 12.4 Å². The smallest absolute Gasteiger partial charge is 0.338 e. The van der Waals surface area contributed by atoms with E-state index in [1.807, 2.05) is 42.5 Å². The summed E-state index contributed by atoms with van der Waals surface area (Å²) >= 11 is 0. The van der Waals surface area contributed by atoms with E-state index < -0.39 is 12.0 Å². The maximum atomic E-state index is 13.9. The molecule has 1 aromatic heterocycles. The highest BCUT2D eigenvalue weighted by atomic mass is 19.1. The highest BCUT2D eigenvalue weighted by Crippen LogP contribution is 2.39. The summed E-state index contributed by atoms with van der Waals surface area (Å²) in [6, 6.07) is 22.8. The molecular formula is C27H23FN4O3. The highest BCUT2D eigenvalue weighted by molar-refractivity contribution is 6.02. The Labute approximate surface area is 201 Å². The molecule has 1 aliphatic rings. The van der Waals surface area contributed by atoms with Crippen molar-refractivity contribution in [3.05, 3.63) is 113 Å². The number of rotatable bonds is 7. The molecule has 0 fully saturated rings. The Bertz CT molecular complexity index is 1370. The first-order valence-electron chi connectivity index (χ1n) is 11.2. The maximum Gasteiger partial charge on any atom is 0.338 e. The molecule has 2 heterocycles. The summed E-state index contributed by atoms with van der Waals surface area (Å²) in [5.41, 5.74) is 3.15. The van der Waals surface area contributed by atoms with Crippen LogP contribution in [0.4, 0.5) is 10.3 Å². The number of aromatic nitrogens is 3. The second kappa shape index (κ2) is 9.80. The molecule has 0 saturated heterocycles. The molecule has 0 amide bonds. The third-order valence-electron chi connectivity index (χ3n) is 5.70. The molecule has 0 saturated carbocycles. The monoisotopic (exact) mass is 470 g/mol. The molecule has 176 valence electrons. The number of anilines is 1. The minimum absolute atomic E-state index is 0.110. The van der Waals surface area contributed by atoms with Crippen LogP contribution in [0.1, 0.15) is 29.7 Å². The maximum absolute atomic E-state index is 13.9. The summed E-state index contributed by atoms with van der Waals surface area (Å²) in [6.07, 6.45) is 1.44. The Kier molecular flexibility index (Phi) is 6.26. The third kappa shape index (κ3) is 4.50. The first kappa shape index (κ1) is 22.3. The molecule has 7 nitrogen and oxygen atoms in total. The Morgan fingerprint density at radius 3 is 2.51 bits per heavy atom. The van der Waals surface area contributed by atoms with Crippen LogP contribution in [-0.2, 0) is 16.1 Å². The Hall–Kier alpha value is -4.46. The number of hydrogen-bond acceptors (Lipinski definition) is 6. The summed E-state index contributed by atoms with van der Waals surface area (Å²) in [5, 5.41) is 7.62. The lowest BCUT2D eigenvalue weighted by molar-refractivity contribution is -0.138. The fourth-order valence-corrected chi connectivity index (χ4v) is 4.05. The van der Waals surface area contributed by atoms with E-state index in [4.69, 9.17) is 9.47 Å². The van der Waals surface area contributed by atoms with Crippen LogP contribution in [0.5, 0.6) is 5.75 Å². The van der Waals surface area contributed by atoms with Crippen molar-refractivity contribution in [1.29, 1.82) is 0 Å². The van der Waals surface area contributed by atoms with Gasteiger partial charge in [-0.1, -0.05) is 60.7 Å². The quantitative estimate of drug-likeness (QED) is 0.384. The molecule has 5 rings (SSSR count). The lowest BCUT2D eigenvalue weighted by Crippen LogP contribution is -2.30. The number of carbonyl (C=O) groups excluding carboxylic acids is 1.